The molecule has 0 spiro atoms. The normalized spacial score (nSPS) is 12.8. The van der Waals surface area contributed by atoms with Crippen LogP contribution >= 0.6 is 22.9 Å². The molecule has 0 radical (unpaired) electrons. The minimum Gasteiger partial charge on any atom is -0.304 e. The molecule has 0 aliphatic heterocycles. The predicted molar refractivity (Wildman–Crippen MR) is 53.6 cm³/mol. The van der Waals surface area contributed by atoms with Crippen LogP contribution in [-0.4, -0.2) is 11.0 Å². The third kappa shape index (κ3) is 2.93. The molecule has 0 amide bonds. The van der Waals surface area contributed by atoms with Gasteiger partial charge in [-0.05, 0) is 6.92 Å². The van der Waals surface area contributed by atoms with E-state index in [1.54, 1.807) is 6.20 Å². The van der Waals surface area contributed by atoms with Crippen LogP contribution in [0.1, 0.15) is 11.9 Å². The Kier molecular flexibility index (Phi) is 3.72. The fourth-order valence-electron chi connectivity index (χ4n) is 0.701. The highest BCUT2D eigenvalue weighted by atomic mass is 35.5. The summed E-state index contributed by atoms with van der Waals surface area (Å²) in [6, 6.07) is 0.313. The fourth-order valence-corrected chi connectivity index (χ4v) is 1.61. The number of hydrogen-bond donors (Lipinski definition) is 1. The SMILES string of the molecule is C=CC(C)NCc1ncc(Cl)s1. The minimum absolute atomic E-state index is 0.313. The predicted octanol–water partition coefficient (Wildman–Crippen LogP) is 2.46. The summed E-state index contributed by atoms with van der Waals surface area (Å²) < 4.78 is 0.734. The fraction of sp³-hybridized carbons (Fsp3) is 0.375. The van der Waals surface area contributed by atoms with E-state index >= 15 is 0 Å². The van der Waals surface area contributed by atoms with Crippen molar-refractivity contribution in [3.05, 3.63) is 28.2 Å². The molecule has 0 fully saturated rings. The van der Waals surface area contributed by atoms with E-state index in [0.717, 1.165) is 15.9 Å². The second kappa shape index (κ2) is 4.60. The van der Waals surface area contributed by atoms with Crippen molar-refractivity contribution in [1.82, 2.24) is 10.3 Å². The number of thiazole rings is 1. The molecule has 1 atom stereocenters. The van der Waals surface area contributed by atoms with Crippen LogP contribution in [0.5, 0.6) is 0 Å². The monoisotopic (exact) mass is 202 g/mol. The zero-order valence-corrected chi connectivity index (χ0v) is 8.45. The van der Waals surface area contributed by atoms with Gasteiger partial charge in [0.25, 0.3) is 0 Å². The van der Waals surface area contributed by atoms with Crippen molar-refractivity contribution in [3.8, 4) is 0 Å². The third-order valence-electron chi connectivity index (χ3n) is 1.45. The molecule has 0 aliphatic rings. The molecule has 1 aromatic heterocycles. The van der Waals surface area contributed by atoms with Gasteiger partial charge in [-0.1, -0.05) is 17.7 Å². The zero-order valence-electron chi connectivity index (χ0n) is 6.88. The number of rotatable bonds is 4. The summed E-state index contributed by atoms with van der Waals surface area (Å²) in [5.74, 6) is 0. The van der Waals surface area contributed by atoms with E-state index in [1.165, 1.54) is 11.3 Å². The van der Waals surface area contributed by atoms with E-state index in [2.05, 4.69) is 16.9 Å². The quantitative estimate of drug-likeness (QED) is 0.759. The number of aromatic nitrogens is 1. The highest BCUT2D eigenvalue weighted by molar-refractivity contribution is 7.15. The molecule has 0 saturated carbocycles. The summed E-state index contributed by atoms with van der Waals surface area (Å²) in [6.45, 7) is 6.47. The van der Waals surface area contributed by atoms with Crippen molar-refractivity contribution in [2.75, 3.05) is 0 Å². The van der Waals surface area contributed by atoms with E-state index in [4.69, 9.17) is 11.6 Å². The van der Waals surface area contributed by atoms with Crippen LogP contribution in [0, 0.1) is 0 Å². The molecule has 1 heterocycles. The van der Waals surface area contributed by atoms with Gasteiger partial charge in [0.05, 0.1) is 6.20 Å². The average Bonchev–Trinajstić information content (AvgIpc) is 2.47. The smallest absolute Gasteiger partial charge is 0.113 e. The molecule has 0 saturated heterocycles. The van der Waals surface area contributed by atoms with Gasteiger partial charge in [0, 0.05) is 12.6 Å². The minimum atomic E-state index is 0.313. The lowest BCUT2D eigenvalue weighted by molar-refractivity contribution is 0.632. The molecule has 12 heavy (non-hydrogen) atoms. The van der Waals surface area contributed by atoms with Crippen LogP contribution in [0.15, 0.2) is 18.9 Å². The summed E-state index contributed by atoms with van der Waals surface area (Å²) in [4.78, 5) is 4.11. The second-order valence-corrected chi connectivity index (χ2v) is 4.21. The molecule has 1 aromatic rings. The van der Waals surface area contributed by atoms with Crippen LogP contribution in [0.2, 0.25) is 4.34 Å². The van der Waals surface area contributed by atoms with Crippen molar-refractivity contribution in [2.24, 2.45) is 0 Å². The van der Waals surface area contributed by atoms with Gasteiger partial charge in [0.15, 0.2) is 0 Å². The van der Waals surface area contributed by atoms with Gasteiger partial charge in [0.1, 0.15) is 9.34 Å². The Bertz CT molecular complexity index is 259. The maximum Gasteiger partial charge on any atom is 0.113 e. The molecule has 66 valence electrons. The van der Waals surface area contributed by atoms with Crippen molar-refractivity contribution in [3.63, 3.8) is 0 Å². The van der Waals surface area contributed by atoms with Gasteiger partial charge >= 0.3 is 0 Å². The van der Waals surface area contributed by atoms with E-state index in [-0.39, 0.29) is 0 Å². The van der Waals surface area contributed by atoms with Crippen LogP contribution in [-0.2, 0) is 6.54 Å². The van der Waals surface area contributed by atoms with Gasteiger partial charge in [-0.2, -0.15) is 0 Å². The molecule has 0 aromatic carbocycles. The van der Waals surface area contributed by atoms with Crippen molar-refractivity contribution >= 4 is 22.9 Å². The molecule has 1 unspecified atom stereocenters. The molecule has 4 heteroatoms. The van der Waals surface area contributed by atoms with Crippen molar-refractivity contribution in [2.45, 2.75) is 19.5 Å². The van der Waals surface area contributed by atoms with Crippen LogP contribution in [0.3, 0.4) is 0 Å². The second-order valence-electron chi connectivity index (χ2n) is 2.46. The standard InChI is InChI=1S/C8H11ClN2S/c1-3-6(2)10-5-8-11-4-7(9)12-8/h3-4,6,10H,1,5H2,2H3. The Morgan fingerprint density at radius 1 is 1.92 bits per heavy atom. The molecule has 0 aliphatic carbocycles. The maximum atomic E-state index is 5.72. The Morgan fingerprint density at radius 3 is 3.17 bits per heavy atom. The molecule has 1 rings (SSSR count). The van der Waals surface area contributed by atoms with E-state index in [9.17, 15) is 0 Å². The summed E-state index contributed by atoms with van der Waals surface area (Å²) >= 11 is 7.22. The Morgan fingerprint density at radius 2 is 2.67 bits per heavy atom. The number of nitrogens with zero attached hydrogens (tertiary/aromatic N) is 1. The number of nitrogens with one attached hydrogen (secondary N) is 1. The van der Waals surface area contributed by atoms with Gasteiger partial charge in [0.2, 0.25) is 0 Å². The lowest BCUT2D eigenvalue weighted by atomic mass is 10.3. The van der Waals surface area contributed by atoms with Crippen LogP contribution < -0.4 is 5.32 Å². The first kappa shape index (κ1) is 9.71. The average molecular weight is 203 g/mol. The highest BCUT2D eigenvalue weighted by Crippen LogP contribution is 2.17. The Balaban J connectivity index is 2.37. The maximum absolute atomic E-state index is 5.72. The van der Waals surface area contributed by atoms with Crippen LogP contribution in [0.4, 0.5) is 0 Å². The number of halogens is 1. The summed E-state index contributed by atoms with van der Waals surface area (Å²) in [5.41, 5.74) is 0. The first-order valence-corrected chi connectivity index (χ1v) is 4.88. The molecule has 2 nitrogen and oxygen atoms in total. The van der Waals surface area contributed by atoms with Gasteiger partial charge in [-0.3, -0.25) is 0 Å². The lowest BCUT2D eigenvalue weighted by Crippen LogP contribution is -2.22. The first-order chi connectivity index (χ1) is 5.72. The summed E-state index contributed by atoms with van der Waals surface area (Å²) in [7, 11) is 0. The van der Waals surface area contributed by atoms with Gasteiger partial charge in [-0.25, -0.2) is 4.98 Å². The zero-order chi connectivity index (χ0) is 8.97. The van der Waals surface area contributed by atoms with E-state index in [1.807, 2.05) is 13.0 Å². The molecule has 1 N–H and O–H groups in total. The first-order valence-electron chi connectivity index (χ1n) is 3.68. The van der Waals surface area contributed by atoms with Crippen molar-refractivity contribution < 1.29 is 0 Å². The Labute approximate surface area is 81.3 Å². The summed E-state index contributed by atoms with van der Waals surface area (Å²) in [6.07, 6.45) is 3.52. The summed E-state index contributed by atoms with van der Waals surface area (Å²) in [5, 5.41) is 4.24. The lowest BCUT2D eigenvalue weighted by Gasteiger charge is -2.05. The van der Waals surface area contributed by atoms with E-state index < -0.39 is 0 Å². The van der Waals surface area contributed by atoms with Crippen LogP contribution in [0.25, 0.3) is 0 Å². The molecular weight excluding hydrogens is 192 g/mol. The largest absolute Gasteiger partial charge is 0.304 e. The van der Waals surface area contributed by atoms with E-state index in [0.29, 0.717) is 6.04 Å². The van der Waals surface area contributed by atoms with Gasteiger partial charge < -0.3 is 5.32 Å². The number of hydrogen-bond acceptors (Lipinski definition) is 3. The highest BCUT2D eigenvalue weighted by Gasteiger charge is 2.00. The van der Waals surface area contributed by atoms with Gasteiger partial charge in [-0.15, -0.1) is 17.9 Å². The van der Waals surface area contributed by atoms with Crippen molar-refractivity contribution in [1.29, 1.82) is 0 Å². The molecule has 0 bridgehead atoms. The third-order valence-corrected chi connectivity index (χ3v) is 2.57. The molecular formula is C8H11ClN2S. The topological polar surface area (TPSA) is 24.9 Å². The Hall–Kier alpha value is -0.380.